The number of aromatic amines is 1. The summed E-state index contributed by atoms with van der Waals surface area (Å²) in [6.07, 6.45) is -2.22. The molecule has 4 heterocycles. The summed E-state index contributed by atoms with van der Waals surface area (Å²) in [6, 6.07) is 0. The predicted octanol–water partition coefficient (Wildman–Crippen LogP) is -2.49. The number of fused-ring (bicyclic) bond motifs is 1. The zero-order chi connectivity index (χ0) is 18.5. The van der Waals surface area contributed by atoms with Gasteiger partial charge in [-0.2, -0.15) is 5.21 Å². The van der Waals surface area contributed by atoms with Crippen molar-refractivity contribution in [3.63, 3.8) is 0 Å². The smallest absolute Gasteiger partial charge is 0.242 e. The second-order valence-electron chi connectivity index (χ2n) is 5.97. The lowest BCUT2D eigenvalue weighted by atomic mass is 9.98. The molecule has 13 nitrogen and oxygen atoms in total. The minimum absolute atomic E-state index is 0.0636. The van der Waals surface area contributed by atoms with Gasteiger partial charge in [0.05, 0.1) is 6.10 Å². The van der Waals surface area contributed by atoms with Gasteiger partial charge in [-0.1, -0.05) is 6.92 Å². The fourth-order valence-electron chi connectivity index (χ4n) is 3.20. The van der Waals surface area contributed by atoms with Crippen molar-refractivity contribution < 1.29 is 20.1 Å². The van der Waals surface area contributed by atoms with Crippen LogP contribution in [0.5, 0.6) is 0 Å². The van der Waals surface area contributed by atoms with E-state index in [-0.39, 0.29) is 22.8 Å². The Morgan fingerprint density at radius 3 is 2.88 bits per heavy atom. The molecule has 0 saturated carbocycles. The lowest BCUT2D eigenvalue weighted by Gasteiger charge is -2.30. The molecule has 0 aliphatic carbocycles. The molecular weight excluding hydrogens is 346 g/mol. The number of nitrogens with two attached hydrogens (primary N) is 1. The van der Waals surface area contributed by atoms with Crippen LogP contribution in [0.4, 0.5) is 5.82 Å². The molecule has 4 rings (SSSR count). The summed E-state index contributed by atoms with van der Waals surface area (Å²) in [6.45, 7) is 1.72. The van der Waals surface area contributed by atoms with Gasteiger partial charge < -0.3 is 25.8 Å². The number of nitrogen functional groups attached to an aromatic ring is 1. The first-order valence-corrected chi connectivity index (χ1v) is 7.90. The Balaban J connectivity index is 1.95. The summed E-state index contributed by atoms with van der Waals surface area (Å²) in [7, 11) is 0. The van der Waals surface area contributed by atoms with Gasteiger partial charge in [0.2, 0.25) is 11.5 Å². The second kappa shape index (κ2) is 5.91. The quantitative estimate of drug-likeness (QED) is 0.329. The minimum Gasteiger partial charge on any atom is -0.390 e. The number of aromatic nitrogens is 8. The van der Waals surface area contributed by atoms with Crippen LogP contribution in [0.3, 0.4) is 0 Å². The molecule has 0 aromatic carbocycles. The highest BCUT2D eigenvalue weighted by molar-refractivity contribution is 5.81. The van der Waals surface area contributed by atoms with E-state index in [1.807, 2.05) is 0 Å². The van der Waals surface area contributed by atoms with Crippen molar-refractivity contribution in [2.24, 2.45) is 0 Å². The third-order valence-electron chi connectivity index (χ3n) is 4.56. The molecule has 13 heteroatoms. The fraction of sp³-hybridized carbons (Fsp3) is 0.538. The molecule has 1 saturated heterocycles. The standard InChI is InChI=1S/C13H17N9O4/c1-2-5(23)8-7(24)9(25)13(26-8,12-18-20-21-19-12)22-4-17-6-10(14)15-3-16-11(6)22/h3-5,7-9,23-25H,2H2,1H3,(H2,14,15,16)(H,18,19,20,21)/t5?,7-,8-,9-,13+/m1/s1. The maximum Gasteiger partial charge on any atom is 0.242 e. The van der Waals surface area contributed by atoms with Crippen LogP contribution in [0.1, 0.15) is 19.2 Å². The minimum atomic E-state index is -1.82. The Labute approximate surface area is 145 Å². The largest absolute Gasteiger partial charge is 0.390 e. The fourth-order valence-corrected chi connectivity index (χ4v) is 3.20. The van der Waals surface area contributed by atoms with Crippen LogP contribution >= 0.6 is 0 Å². The Bertz CT molecular complexity index is 916. The Morgan fingerprint density at radius 2 is 2.19 bits per heavy atom. The van der Waals surface area contributed by atoms with Gasteiger partial charge in [0.1, 0.15) is 36.5 Å². The van der Waals surface area contributed by atoms with Crippen molar-refractivity contribution in [1.82, 2.24) is 40.1 Å². The van der Waals surface area contributed by atoms with Gasteiger partial charge >= 0.3 is 0 Å². The summed E-state index contributed by atoms with van der Waals surface area (Å²) in [4.78, 5) is 12.2. The summed E-state index contributed by atoms with van der Waals surface area (Å²) in [5.41, 5.74) is 4.52. The summed E-state index contributed by atoms with van der Waals surface area (Å²) in [5.74, 6) is 0.0709. The van der Waals surface area contributed by atoms with Gasteiger partial charge in [0.25, 0.3) is 0 Å². The van der Waals surface area contributed by atoms with Crippen LogP contribution in [0.15, 0.2) is 12.7 Å². The number of hydrogen-bond donors (Lipinski definition) is 5. The van der Waals surface area contributed by atoms with E-state index >= 15 is 0 Å². The van der Waals surface area contributed by atoms with E-state index in [0.29, 0.717) is 6.42 Å². The van der Waals surface area contributed by atoms with Crippen LogP contribution in [0, 0.1) is 0 Å². The molecule has 0 amide bonds. The number of aliphatic hydroxyl groups is 3. The van der Waals surface area contributed by atoms with Crippen LogP contribution in [0.2, 0.25) is 0 Å². The molecule has 138 valence electrons. The van der Waals surface area contributed by atoms with E-state index in [0.717, 1.165) is 0 Å². The van der Waals surface area contributed by atoms with E-state index in [1.54, 1.807) is 6.92 Å². The summed E-state index contributed by atoms with van der Waals surface area (Å²) in [5, 5.41) is 45.2. The average molecular weight is 363 g/mol. The average Bonchev–Trinajstić information content (AvgIpc) is 3.36. The molecule has 3 aromatic heterocycles. The van der Waals surface area contributed by atoms with Crippen molar-refractivity contribution in [3.05, 3.63) is 18.5 Å². The number of rotatable bonds is 4. The van der Waals surface area contributed by atoms with E-state index in [4.69, 9.17) is 10.5 Å². The van der Waals surface area contributed by atoms with Crippen LogP contribution in [-0.2, 0) is 10.5 Å². The van der Waals surface area contributed by atoms with Crippen molar-refractivity contribution in [1.29, 1.82) is 0 Å². The summed E-state index contributed by atoms with van der Waals surface area (Å²) < 4.78 is 7.30. The molecule has 1 fully saturated rings. The SMILES string of the molecule is CCC(O)[C@H]1O[C@@](c2nn[nH]n2)(n2cnc3c(N)ncnc32)[C@H](O)[C@@H]1O. The van der Waals surface area contributed by atoms with Gasteiger partial charge in [-0.3, -0.25) is 4.57 Å². The lowest BCUT2D eigenvalue weighted by Crippen LogP contribution is -2.47. The number of anilines is 1. The van der Waals surface area contributed by atoms with E-state index in [2.05, 4.69) is 35.6 Å². The molecule has 1 aliphatic rings. The molecule has 1 unspecified atom stereocenters. The number of imidazole rings is 1. The normalized spacial score (nSPS) is 30.1. The highest BCUT2D eigenvalue weighted by atomic mass is 16.6. The number of nitrogens with zero attached hydrogens (tertiary/aromatic N) is 7. The molecule has 0 radical (unpaired) electrons. The molecule has 0 spiro atoms. The van der Waals surface area contributed by atoms with Gasteiger partial charge in [-0.05, 0) is 11.6 Å². The van der Waals surface area contributed by atoms with Crippen molar-refractivity contribution >= 4 is 17.0 Å². The number of tetrazole rings is 1. The Kier molecular flexibility index (Phi) is 3.80. The molecule has 5 atom stereocenters. The van der Waals surface area contributed by atoms with Gasteiger partial charge in [-0.25, -0.2) is 15.0 Å². The molecule has 6 N–H and O–H groups in total. The number of ether oxygens (including phenoxy) is 1. The third-order valence-corrected chi connectivity index (χ3v) is 4.56. The Hall–Kier alpha value is -2.74. The molecule has 26 heavy (non-hydrogen) atoms. The van der Waals surface area contributed by atoms with Crippen molar-refractivity contribution in [2.75, 3.05) is 5.73 Å². The first-order valence-electron chi connectivity index (χ1n) is 7.90. The predicted molar refractivity (Wildman–Crippen MR) is 84.2 cm³/mol. The first kappa shape index (κ1) is 16.7. The monoisotopic (exact) mass is 363 g/mol. The first-order chi connectivity index (χ1) is 12.5. The van der Waals surface area contributed by atoms with Crippen molar-refractivity contribution in [3.8, 4) is 0 Å². The zero-order valence-corrected chi connectivity index (χ0v) is 13.6. The van der Waals surface area contributed by atoms with E-state index in [9.17, 15) is 15.3 Å². The van der Waals surface area contributed by atoms with Gasteiger partial charge in [0, 0.05) is 0 Å². The van der Waals surface area contributed by atoms with Crippen molar-refractivity contribution in [2.45, 2.75) is 43.5 Å². The van der Waals surface area contributed by atoms with Crippen LogP contribution < -0.4 is 5.73 Å². The molecule has 1 aliphatic heterocycles. The highest BCUT2D eigenvalue weighted by Crippen LogP contribution is 2.42. The van der Waals surface area contributed by atoms with Crippen LogP contribution in [-0.4, -0.2) is 79.9 Å². The van der Waals surface area contributed by atoms with E-state index < -0.39 is 30.1 Å². The number of hydrogen-bond acceptors (Lipinski definition) is 11. The Morgan fingerprint density at radius 1 is 1.38 bits per heavy atom. The van der Waals surface area contributed by atoms with Gasteiger partial charge in [-0.15, -0.1) is 10.2 Å². The maximum atomic E-state index is 10.9. The van der Waals surface area contributed by atoms with Gasteiger partial charge in [0.15, 0.2) is 11.5 Å². The maximum absolute atomic E-state index is 10.9. The number of nitrogens with one attached hydrogen (secondary N) is 1. The molecular formula is C13H17N9O4. The third kappa shape index (κ3) is 2.11. The zero-order valence-electron chi connectivity index (χ0n) is 13.6. The van der Waals surface area contributed by atoms with Crippen LogP contribution in [0.25, 0.3) is 11.2 Å². The molecule has 3 aromatic rings. The topological polar surface area (TPSA) is 194 Å². The summed E-state index contributed by atoms with van der Waals surface area (Å²) >= 11 is 0. The number of H-pyrrole nitrogens is 1. The second-order valence-corrected chi connectivity index (χ2v) is 5.97. The highest BCUT2D eigenvalue weighted by Gasteiger charge is 2.61. The number of aliphatic hydroxyl groups excluding tert-OH is 3. The lowest BCUT2D eigenvalue weighted by molar-refractivity contribution is -0.137. The van der Waals surface area contributed by atoms with E-state index in [1.165, 1.54) is 17.2 Å². The molecule has 0 bridgehead atoms.